The van der Waals surface area contributed by atoms with Gasteiger partial charge in [0.1, 0.15) is 12.6 Å². The van der Waals surface area contributed by atoms with Crippen molar-refractivity contribution in [3.63, 3.8) is 0 Å². The maximum Gasteiger partial charge on any atom is 0.324 e. The molecular weight excluding hydrogens is 362 g/mol. The van der Waals surface area contributed by atoms with E-state index in [1.165, 1.54) is 0 Å². The number of rotatable bonds is 10. The molecule has 6 heteroatoms. The zero-order chi connectivity index (χ0) is 20.9. The zero-order valence-electron chi connectivity index (χ0n) is 17.4. The third kappa shape index (κ3) is 9.91. The predicted octanol–water partition coefficient (Wildman–Crippen LogP) is 4.52. The second-order valence-electron chi connectivity index (χ2n) is 6.89. The van der Waals surface area contributed by atoms with Gasteiger partial charge in [-0.3, -0.25) is 4.79 Å². The zero-order valence-corrected chi connectivity index (χ0v) is 18.2. The van der Waals surface area contributed by atoms with Crippen LogP contribution in [0.5, 0.6) is 0 Å². The number of hydrogen-bond acceptors (Lipinski definition) is 4. The first kappa shape index (κ1) is 25.6. The highest BCUT2D eigenvalue weighted by molar-refractivity contribution is 7.90. The van der Waals surface area contributed by atoms with Crippen LogP contribution in [-0.2, 0) is 19.6 Å². The van der Waals surface area contributed by atoms with Gasteiger partial charge in [0.2, 0.25) is 10.0 Å². The van der Waals surface area contributed by atoms with Crippen molar-refractivity contribution in [2.75, 3.05) is 6.61 Å². The third-order valence-electron chi connectivity index (χ3n) is 4.26. The molecule has 27 heavy (non-hydrogen) atoms. The molecule has 156 valence electrons. The van der Waals surface area contributed by atoms with Gasteiger partial charge in [-0.15, -0.1) is 0 Å². The Labute approximate surface area is 166 Å². The quantitative estimate of drug-likeness (QED) is 0.433. The fraction of sp³-hybridized carbons (Fsp3) is 0.667. The van der Waals surface area contributed by atoms with Gasteiger partial charge in [0, 0.05) is 0 Å². The summed E-state index contributed by atoms with van der Waals surface area (Å²) in [6.45, 7) is 15.2. The summed E-state index contributed by atoms with van der Waals surface area (Å²) in [5, 5.41) is -0.409. The summed E-state index contributed by atoms with van der Waals surface area (Å²) in [6.07, 6.45) is 9.48. The Morgan fingerprint density at radius 1 is 1.19 bits per heavy atom. The number of sulfonamides is 1. The molecule has 0 bridgehead atoms. The molecule has 0 aromatic carbocycles. The molecule has 1 saturated carbocycles. The number of carbonyl (C=O) groups is 1. The number of esters is 1. The van der Waals surface area contributed by atoms with Crippen LogP contribution in [0.1, 0.15) is 66.2 Å². The summed E-state index contributed by atoms with van der Waals surface area (Å²) in [5.74, 6) is -0.390. The smallest absolute Gasteiger partial charge is 0.324 e. The Balaban J connectivity index is 0.00000326. The van der Waals surface area contributed by atoms with Crippen LogP contribution in [0.4, 0.5) is 0 Å². The van der Waals surface area contributed by atoms with E-state index in [9.17, 15) is 13.2 Å². The summed E-state index contributed by atoms with van der Waals surface area (Å²) in [6, 6.07) is -0.860. The molecule has 0 saturated heterocycles. The minimum atomic E-state index is -3.53. The van der Waals surface area contributed by atoms with E-state index in [1.54, 1.807) is 18.2 Å². The molecule has 0 heterocycles. The lowest BCUT2D eigenvalue weighted by Crippen LogP contribution is -2.46. The number of nitrogens with one attached hydrogen (secondary N) is 1. The molecule has 0 aromatic heterocycles. The first-order valence-electron chi connectivity index (χ1n) is 9.92. The fourth-order valence-electron chi connectivity index (χ4n) is 2.92. The SMILES string of the molecule is C=C/C=C(\C=C)COC(=O)C(CC(C)C)NS(=O)(=O)C1CCCCC1.CC. The van der Waals surface area contributed by atoms with Gasteiger partial charge in [0.05, 0.1) is 5.25 Å². The van der Waals surface area contributed by atoms with Crippen LogP contribution in [0.3, 0.4) is 0 Å². The molecule has 0 aliphatic heterocycles. The molecule has 1 unspecified atom stereocenters. The van der Waals surface area contributed by atoms with E-state index in [0.29, 0.717) is 24.8 Å². The van der Waals surface area contributed by atoms with Gasteiger partial charge in [-0.05, 0) is 30.8 Å². The monoisotopic (exact) mass is 399 g/mol. The van der Waals surface area contributed by atoms with E-state index in [2.05, 4.69) is 17.9 Å². The first-order chi connectivity index (χ1) is 12.8. The molecule has 1 aliphatic carbocycles. The minimum Gasteiger partial charge on any atom is -0.460 e. The van der Waals surface area contributed by atoms with Gasteiger partial charge in [-0.2, -0.15) is 0 Å². The second-order valence-corrected chi connectivity index (χ2v) is 8.89. The predicted molar refractivity (Wildman–Crippen MR) is 113 cm³/mol. The van der Waals surface area contributed by atoms with E-state index in [1.807, 2.05) is 27.7 Å². The number of allylic oxidation sites excluding steroid dienone is 2. The molecule has 1 rings (SSSR count). The number of ether oxygens (including phenoxy) is 1. The topological polar surface area (TPSA) is 72.5 Å². The van der Waals surface area contributed by atoms with Crippen molar-refractivity contribution in [3.05, 3.63) is 37.0 Å². The number of hydrogen-bond donors (Lipinski definition) is 1. The second kappa shape index (κ2) is 13.7. The van der Waals surface area contributed by atoms with Crippen molar-refractivity contribution in [1.29, 1.82) is 0 Å². The van der Waals surface area contributed by atoms with Crippen LogP contribution in [0.15, 0.2) is 37.0 Å². The highest BCUT2D eigenvalue weighted by Crippen LogP contribution is 2.24. The lowest BCUT2D eigenvalue weighted by atomic mass is 10.0. The van der Waals surface area contributed by atoms with Crippen LogP contribution in [-0.4, -0.2) is 32.3 Å². The van der Waals surface area contributed by atoms with Crippen molar-refractivity contribution in [1.82, 2.24) is 4.72 Å². The normalized spacial score (nSPS) is 16.9. The lowest BCUT2D eigenvalue weighted by Gasteiger charge is -2.25. The van der Waals surface area contributed by atoms with E-state index in [-0.39, 0.29) is 12.5 Å². The average Bonchev–Trinajstić information content (AvgIpc) is 2.66. The van der Waals surface area contributed by atoms with Crippen LogP contribution in [0, 0.1) is 5.92 Å². The van der Waals surface area contributed by atoms with E-state index in [4.69, 9.17) is 4.74 Å². The molecule has 1 aliphatic rings. The summed E-state index contributed by atoms with van der Waals surface area (Å²) < 4.78 is 33.1. The van der Waals surface area contributed by atoms with Crippen LogP contribution in [0.25, 0.3) is 0 Å². The highest BCUT2D eigenvalue weighted by Gasteiger charge is 2.33. The molecule has 0 radical (unpaired) electrons. The minimum absolute atomic E-state index is 0.0497. The number of carbonyl (C=O) groups excluding carboxylic acids is 1. The van der Waals surface area contributed by atoms with Crippen molar-refractivity contribution < 1.29 is 17.9 Å². The molecule has 1 N–H and O–H groups in total. The fourth-order valence-corrected chi connectivity index (χ4v) is 4.65. The van der Waals surface area contributed by atoms with Gasteiger partial charge in [0.15, 0.2) is 0 Å². The van der Waals surface area contributed by atoms with E-state index >= 15 is 0 Å². The molecule has 0 amide bonds. The molecule has 0 aromatic rings. The summed E-state index contributed by atoms with van der Waals surface area (Å²) in [7, 11) is -3.53. The summed E-state index contributed by atoms with van der Waals surface area (Å²) >= 11 is 0. The van der Waals surface area contributed by atoms with Crippen LogP contribution in [0.2, 0.25) is 0 Å². The van der Waals surface area contributed by atoms with Crippen molar-refractivity contribution in [2.45, 2.75) is 77.5 Å². The van der Waals surface area contributed by atoms with Gasteiger partial charge < -0.3 is 4.74 Å². The Hall–Kier alpha value is -1.40. The standard InChI is InChI=1S/C19H31NO4S.C2H6/c1-5-10-16(6-2)14-24-19(21)18(13-15(3)4)20-25(22,23)17-11-8-7-9-12-17;1-2/h5-6,10,15,17-18,20H,1-2,7-9,11-14H2,3-4H3;1-2H3/b16-10+;. The van der Waals surface area contributed by atoms with Gasteiger partial charge in [-0.1, -0.05) is 78.3 Å². The Kier molecular flexibility index (Phi) is 13.0. The Morgan fingerprint density at radius 2 is 1.78 bits per heavy atom. The molecule has 1 atom stereocenters. The van der Waals surface area contributed by atoms with Gasteiger partial charge >= 0.3 is 5.97 Å². The highest BCUT2D eigenvalue weighted by atomic mass is 32.2. The van der Waals surface area contributed by atoms with Crippen molar-refractivity contribution >= 4 is 16.0 Å². The summed E-state index contributed by atoms with van der Waals surface area (Å²) in [4.78, 5) is 12.4. The molecule has 1 fully saturated rings. The Bertz CT molecular complexity index is 587. The van der Waals surface area contributed by atoms with Gasteiger partial charge in [0.25, 0.3) is 0 Å². The van der Waals surface area contributed by atoms with Crippen LogP contribution < -0.4 is 4.72 Å². The molecular formula is C21H37NO4S. The molecule has 5 nitrogen and oxygen atoms in total. The third-order valence-corrected chi connectivity index (χ3v) is 6.23. The van der Waals surface area contributed by atoms with Crippen molar-refractivity contribution in [2.24, 2.45) is 5.92 Å². The maximum atomic E-state index is 12.6. The first-order valence-corrected chi connectivity index (χ1v) is 11.5. The lowest BCUT2D eigenvalue weighted by molar-refractivity contribution is -0.145. The largest absolute Gasteiger partial charge is 0.460 e. The van der Waals surface area contributed by atoms with E-state index < -0.39 is 27.3 Å². The Morgan fingerprint density at radius 3 is 2.26 bits per heavy atom. The van der Waals surface area contributed by atoms with E-state index in [0.717, 1.165) is 19.3 Å². The van der Waals surface area contributed by atoms with Gasteiger partial charge in [-0.25, -0.2) is 13.1 Å². The maximum absolute atomic E-state index is 12.6. The van der Waals surface area contributed by atoms with Crippen molar-refractivity contribution in [3.8, 4) is 0 Å². The molecule has 0 spiro atoms. The van der Waals surface area contributed by atoms with Crippen LogP contribution >= 0.6 is 0 Å². The summed E-state index contributed by atoms with van der Waals surface area (Å²) in [5.41, 5.74) is 0.710. The average molecular weight is 400 g/mol.